The average molecular weight is 356 g/mol. The number of nitrogens with one attached hydrogen (secondary N) is 2. The molecule has 2 aliphatic heterocycles. The van der Waals surface area contributed by atoms with E-state index in [0.29, 0.717) is 42.3 Å². The minimum absolute atomic E-state index is 0.298. The summed E-state index contributed by atoms with van der Waals surface area (Å²) in [5.74, 6) is 0.377. The number of amides is 1. The Morgan fingerprint density at radius 2 is 2.08 bits per heavy atom. The normalized spacial score (nSPS) is 10.8. The Bertz CT molecular complexity index is 931. The first-order chi connectivity index (χ1) is 12.6. The number of ether oxygens (including phenoxy) is 2. The molecule has 1 aromatic carbocycles. The predicted octanol–water partition coefficient (Wildman–Crippen LogP) is 1.26. The van der Waals surface area contributed by atoms with E-state index in [4.69, 9.17) is 9.47 Å². The Hall–Kier alpha value is -3.13. The summed E-state index contributed by atoms with van der Waals surface area (Å²) < 4.78 is 12.1. The quantitative estimate of drug-likeness (QED) is 0.664. The fourth-order valence-electron chi connectivity index (χ4n) is 2.70. The van der Waals surface area contributed by atoms with Crippen LogP contribution in [-0.4, -0.2) is 41.5 Å². The predicted molar refractivity (Wildman–Crippen MR) is 95.5 cm³/mol. The molecule has 0 aromatic heterocycles. The van der Waals surface area contributed by atoms with Gasteiger partial charge in [0.2, 0.25) is 0 Å². The molecule has 0 saturated carbocycles. The minimum atomic E-state index is -0.328. The molecule has 2 N–H and O–H groups in total. The second kappa shape index (κ2) is 7.83. The molecule has 0 radical (unpaired) electrons. The van der Waals surface area contributed by atoms with Crippen molar-refractivity contribution in [2.24, 2.45) is 0 Å². The third-order valence-electron chi connectivity index (χ3n) is 4.04. The standard InChI is InChI=1S/C18H20N4O4/c1-25-8-7-22-10-13(16-14(11-22)18(24)21-20-16)17(23)19-9-12-5-3-4-6-15(12)26-2/h3-6,10-11H,7-9H2,1-2H3,(H,19,23)(H,21,24). The Kier molecular flexibility index (Phi) is 5.33. The highest BCUT2D eigenvalue weighted by molar-refractivity contribution is 5.99. The van der Waals surface area contributed by atoms with Crippen molar-refractivity contribution in [3.05, 3.63) is 58.1 Å². The molecule has 0 aliphatic carbocycles. The largest absolute Gasteiger partial charge is 0.496 e. The molecule has 0 saturated heterocycles. The number of methoxy groups -OCH3 is 2. The van der Waals surface area contributed by atoms with Crippen LogP contribution in [0.3, 0.4) is 0 Å². The molecule has 0 spiro atoms. The summed E-state index contributed by atoms with van der Waals surface area (Å²) in [5, 5.41) is 9.23. The van der Waals surface area contributed by atoms with E-state index in [1.807, 2.05) is 24.3 Å². The second-order valence-electron chi connectivity index (χ2n) is 5.71. The van der Waals surface area contributed by atoms with Gasteiger partial charge in [-0.1, -0.05) is 18.2 Å². The first kappa shape index (κ1) is 17.7. The number of aromatic nitrogens is 3. The van der Waals surface area contributed by atoms with Crippen LogP contribution < -0.4 is 15.6 Å². The average Bonchev–Trinajstić information content (AvgIpc) is 3.05. The van der Waals surface area contributed by atoms with E-state index in [9.17, 15) is 9.59 Å². The van der Waals surface area contributed by atoms with Crippen LogP contribution >= 0.6 is 0 Å². The monoisotopic (exact) mass is 356 g/mol. The maximum atomic E-state index is 12.7. The topological polar surface area (TPSA) is 98.2 Å². The molecule has 1 amide bonds. The number of H-pyrrole nitrogens is 1. The highest BCUT2D eigenvalue weighted by Crippen LogP contribution is 2.21. The molecular weight excluding hydrogens is 336 g/mol. The van der Waals surface area contributed by atoms with Gasteiger partial charge in [-0.15, -0.1) is 0 Å². The Balaban J connectivity index is 1.86. The van der Waals surface area contributed by atoms with E-state index < -0.39 is 0 Å². The van der Waals surface area contributed by atoms with Gasteiger partial charge in [0.05, 0.1) is 24.8 Å². The fourth-order valence-corrected chi connectivity index (χ4v) is 2.70. The van der Waals surface area contributed by atoms with Gasteiger partial charge >= 0.3 is 0 Å². The second-order valence-corrected chi connectivity index (χ2v) is 5.71. The first-order valence-electron chi connectivity index (χ1n) is 8.11. The fraction of sp³-hybridized carbons (Fsp3) is 0.278. The maximum Gasteiger partial charge on any atom is 0.275 e. The number of fused-ring (bicyclic) bond motifs is 1. The summed E-state index contributed by atoms with van der Waals surface area (Å²) in [6, 6.07) is 7.45. The summed E-state index contributed by atoms with van der Waals surface area (Å²) in [7, 11) is 3.18. The third-order valence-corrected chi connectivity index (χ3v) is 4.04. The van der Waals surface area contributed by atoms with Gasteiger partial charge in [0.25, 0.3) is 11.5 Å². The zero-order chi connectivity index (χ0) is 18.5. The lowest BCUT2D eigenvalue weighted by atomic mass is 10.1. The molecule has 2 aliphatic rings. The lowest BCUT2D eigenvalue weighted by Crippen LogP contribution is -2.25. The molecule has 26 heavy (non-hydrogen) atoms. The first-order valence-corrected chi connectivity index (χ1v) is 8.11. The van der Waals surface area contributed by atoms with Crippen molar-refractivity contribution >= 4 is 5.91 Å². The SMILES string of the molecule is COCCn1cc(C(=O)NCc2ccccc2OC)c2n[nH]c(=O)c-2c1. The summed E-state index contributed by atoms with van der Waals surface area (Å²) in [5.41, 5.74) is 1.57. The van der Waals surface area contributed by atoms with Crippen molar-refractivity contribution in [2.75, 3.05) is 20.8 Å². The van der Waals surface area contributed by atoms with Crippen LogP contribution in [0.15, 0.2) is 41.5 Å². The third kappa shape index (κ3) is 3.60. The van der Waals surface area contributed by atoms with Gasteiger partial charge in [0.1, 0.15) is 11.4 Å². The molecule has 0 bridgehead atoms. The lowest BCUT2D eigenvalue weighted by molar-refractivity contribution is 0.0950. The van der Waals surface area contributed by atoms with Crippen LogP contribution in [0.2, 0.25) is 0 Å². The number of rotatable bonds is 7. The highest BCUT2D eigenvalue weighted by atomic mass is 16.5. The van der Waals surface area contributed by atoms with Gasteiger partial charge in [-0.3, -0.25) is 9.59 Å². The van der Waals surface area contributed by atoms with E-state index in [-0.39, 0.29) is 11.5 Å². The molecule has 136 valence electrons. The minimum Gasteiger partial charge on any atom is -0.496 e. The molecule has 8 nitrogen and oxygen atoms in total. The Morgan fingerprint density at radius 1 is 1.27 bits per heavy atom. The van der Waals surface area contributed by atoms with Crippen molar-refractivity contribution in [3.8, 4) is 17.0 Å². The van der Waals surface area contributed by atoms with Crippen LogP contribution in [0, 0.1) is 0 Å². The number of nitrogens with zero attached hydrogens (tertiary/aromatic N) is 2. The Morgan fingerprint density at radius 3 is 2.85 bits per heavy atom. The number of aromatic amines is 1. The van der Waals surface area contributed by atoms with E-state index >= 15 is 0 Å². The molecule has 0 unspecified atom stereocenters. The van der Waals surface area contributed by atoms with Gasteiger partial charge in [-0.05, 0) is 6.07 Å². The molecule has 3 rings (SSSR count). The number of hydrogen-bond donors (Lipinski definition) is 2. The summed E-state index contributed by atoms with van der Waals surface area (Å²) in [6.45, 7) is 1.28. The summed E-state index contributed by atoms with van der Waals surface area (Å²) >= 11 is 0. The molecule has 0 atom stereocenters. The number of pyridine rings is 1. The van der Waals surface area contributed by atoms with Crippen LogP contribution in [0.4, 0.5) is 0 Å². The van der Waals surface area contributed by atoms with Gasteiger partial charge in [0, 0.05) is 38.2 Å². The highest BCUT2D eigenvalue weighted by Gasteiger charge is 2.21. The number of hydrogen-bond acceptors (Lipinski definition) is 5. The zero-order valence-electron chi connectivity index (χ0n) is 14.6. The van der Waals surface area contributed by atoms with E-state index in [1.54, 1.807) is 31.2 Å². The van der Waals surface area contributed by atoms with Crippen LogP contribution in [0.5, 0.6) is 5.75 Å². The maximum absolute atomic E-state index is 12.7. The molecule has 8 heteroatoms. The van der Waals surface area contributed by atoms with Gasteiger partial charge < -0.3 is 19.4 Å². The van der Waals surface area contributed by atoms with Crippen molar-refractivity contribution < 1.29 is 14.3 Å². The number of benzene rings is 1. The van der Waals surface area contributed by atoms with Crippen molar-refractivity contribution in [2.45, 2.75) is 13.1 Å². The van der Waals surface area contributed by atoms with Crippen molar-refractivity contribution in [1.82, 2.24) is 20.1 Å². The lowest BCUT2D eigenvalue weighted by Gasteiger charge is -2.13. The summed E-state index contributed by atoms with van der Waals surface area (Å²) in [6.07, 6.45) is 3.33. The smallest absolute Gasteiger partial charge is 0.275 e. The van der Waals surface area contributed by atoms with Crippen molar-refractivity contribution in [1.29, 1.82) is 0 Å². The Labute approximate surface area is 150 Å². The molecule has 2 heterocycles. The number of para-hydroxylation sites is 1. The number of carbonyl (C=O) groups excluding carboxylic acids is 1. The van der Waals surface area contributed by atoms with Gasteiger partial charge in [-0.25, -0.2) is 5.10 Å². The van der Waals surface area contributed by atoms with E-state index in [2.05, 4.69) is 15.5 Å². The zero-order valence-corrected chi connectivity index (χ0v) is 14.6. The van der Waals surface area contributed by atoms with Crippen LogP contribution in [-0.2, 0) is 17.8 Å². The van der Waals surface area contributed by atoms with E-state index in [0.717, 1.165) is 5.56 Å². The van der Waals surface area contributed by atoms with Crippen molar-refractivity contribution in [3.63, 3.8) is 0 Å². The van der Waals surface area contributed by atoms with Gasteiger partial charge in [-0.2, -0.15) is 5.10 Å². The number of carbonyl (C=O) groups is 1. The van der Waals surface area contributed by atoms with E-state index in [1.165, 1.54) is 0 Å². The summed E-state index contributed by atoms with van der Waals surface area (Å²) in [4.78, 5) is 24.6. The molecule has 0 fully saturated rings. The van der Waals surface area contributed by atoms with Gasteiger partial charge in [0.15, 0.2) is 0 Å². The van der Waals surface area contributed by atoms with Crippen LogP contribution in [0.25, 0.3) is 11.3 Å². The molecule has 1 aromatic rings. The van der Waals surface area contributed by atoms with Crippen LogP contribution in [0.1, 0.15) is 15.9 Å². The molecular formula is C18H20N4O4.